The summed E-state index contributed by atoms with van der Waals surface area (Å²) in [5, 5.41) is 8.96. The van der Waals surface area contributed by atoms with E-state index in [1.54, 1.807) is 6.07 Å². The molecule has 0 aliphatic heterocycles. The van der Waals surface area contributed by atoms with E-state index in [9.17, 15) is 0 Å². The highest BCUT2D eigenvalue weighted by Crippen LogP contribution is 2.37. The lowest BCUT2D eigenvalue weighted by molar-refractivity contribution is 0.709. The first kappa shape index (κ1) is 17.6. The van der Waals surface area contributed by atoms with Gasteiger partial charge in [-0.05, 0) is 56.4 Å². The molecule has 136 valence electrons. The third-order valence-electron chi connectivity index (χ3n) is 4.83. The van der Waals surface area contributed by atoms with E-state index in [0.29, 0.717) is 10.0 Å². The molecule has 0 unspecified atom stereocenters. The highest BCUT2D eigenvalue weighted by Gasteiger charge is 2.26. The molecule has 1 saturated carbocycles. The van der Waals surface area contributed by atoms with Crippen LogP contribution in [-0.2, 0) is 0 Å². The van der Waals surface area contributed by atoms with Gasteiger partial charge in [-0.3, -0.25) is 5.10 Å². The van der Waals surface area contributed by atoms with Gasteiger partial charge in [0.25, 0.3) is 0 Å². The molecule has 0 saturated heterocycles. The second-order valence-corrected chi connectivity index (χ2v) is 7.94. The van der Waals surface area contributed by atoms with Crippen molar-refractivity contribution in [3.8, 4) is 11.3 Å². The molecule has 26 heavy (non-hydrogen) atoms. The van der Waals surface area contributed by atoms with Gasteiger partial charge in [-0.1, -0.05) is 30.1 Å². The number of nitrogens with zero attached hydrogens (tertiary/aromatic N) is 3. The molecular formula is C20H22Cl2N4. The van der Waals surface area contributed by atoms with Crippen LogP contribution in [0.3, 0.4) is 0 Å². The maximum absolute atomic E-state index is 6.41. The van der Waals surface area contributed by atoms with Crippen molar-refractivity contribution >= 4 is 39.9 Å². The predicted molar refractivity (Wildman–Crippen MR) is 109 cm³/mol. The molecule has 1 aliphatic rings. The van der Waals surface area contributed by atoms with Crippen molar-refractivity contribution in [1.82, 2.24) is 15.2 Å². The largest absolute Gasteiger partial charge is 0.369 e. The molecule has 0 atom stereocenters. The van der Waals surface area contributed by atoms with Gasteiger partial charge < -0.3 is 4.90 Å². The van der Waals surface area contributed by atoms with Crippen LogP contribution in [0.5, 0.6) is 0 Å². The van der Waals surface area contributed by atoms with Crippen molar-refractivity contribution in [2.75, 3.05) is 18.0 Å². The Morgan fingerprint density at radius 1 is 1.23 bits per heavy atom. The maximum Gasteiger partial charge on any atom is 0.120 e. The second-order valence-electron chi connectivity index (χ2n) is 7.09. The Kier molecular flexibility index (Phi) is 4.80. The fourth-order valence-corrected chi connectivity index (χ4v) is 3.91. The molecule has 4 nitrogen and oxygen atoms in total. The van der Waals surface area contributed by atoms with Crippen LogP contribution in [0.25, 0.3) is 22.3 Å². The van der Waals surface area contributed by atoms with Crippen molar-refractivity contribution in [2.24, 2.45) is 5.92 Å². The van der Waals surface area contributed by atoms with Gasteiger partial charge in [0.1, 0.15) is 16.7 Å². The fraction of sp³-hybridized carbons (Fsp3) is 0.400. The van der Waals surface area contributed by atoms with Crippen LogP contribution in [0, 0.1) is 12.8 Å². The average molecular weight is 389 g/mol. The standard InChI is InChI=1S/C20H22Cl2N4/c1-3-8-26(11-13-4-5-13)17-9-12(2)23-20-18(24-25-19(17)20)15-7-6-14(21)10-16(15)22/h6-7,9-10,13H,3-5,8,11H2,1-2H3,(H,24,25). The fourth-order valence-electron chi connectivity index (χ4n) is 3.41. The zero-order valence-corrected chi connectivity index (χ0v) is 16.5. The van der Waals surface area contributed by atoms with Crippen LogP contribution < -0.4 is 4.90 Å². The number of aryl methyl sites for hydroxylation is 1. The summed E-state index contributed by atoms with van der Waals surface area (Å²) < 4.78 is 0. The van der Waals surface area contributed by atoms with Gasteiger partial charge in [0, 0.05) is 29.4 Å². The van der Waals surface area contributed by atoms with Gasteiger partial charge in [0.05, 0.1) is 10.7 Å². The highest BCUT2D eigenvalue weighted by atomic mass is 35.5. The summed E-state index contributed by atoms with van der Waals surface area (Å²) >= 11 is 12.5. The summed E-state index contributed by atoms with van der Waals surface area (Å²) in [6.07, 6.45) is 3.78. The average Bonchev–Trinajstić information content (AvgIpc) is 3.32. The van der Waals surface area contributed by atoms with Crippen LogP contribution in [0.15, 0.2) is 24.3 Å². The van der Waals surface area contributed by atoms with E-state index < -0.39 is 0 Å². The molecular weight excluding hydrogens is 367 g/mol. The molecule has 1 N–H and O–H groups in total. The molecule has 4 rings (SSSR count). The van der Waals surface area contributed by atoms with E-state index in [1.807, 2.05) is 19.1 Å². The zero-order chi connectivity index (χ0) is 18.3. The molecule has 6 heteroatoms. The molecule has 0 spiro atoms. The molecule has 1 aromatic carbocycles. The van der Waals surface area contributed by atoms with Crippen molar-refractivity contribution < 1.29 is 0 Å². The first-order valence-corrected chi connectivity index (χ1v) is 9.88. The Morgan fingerprint density at radius 3 is 2.73 bits per heavy atom. The lowest BCUT2D eigenvalue weighted by Gasteiger charge is -2.25. The van der Waals surface area contributed by atoms with Gasteiger partial charge in [-0.2, -0.15) is 5.10 Å². The van der Waals surface area contributed by atoms with Crippen molar-refractivity contribution in [2.45, 2.75) is 33.1 Å². The van der Waals surface area contributed by atoms with Crippen LogP contribution in [0.4, 0.5) is 5.69 Å². The summed E-state index contributed by atoms with van der Waals surface area (Å²) in [6.45, 7) is 6.38. The smallest absolute Gasteiger partial charge is 0.120 e. The Hall–Kier alpha value is -1.78. The van der Waals surface area contributed by atoms with Crippen molar-refractivity contribution in [3.63, 3.8) is 0 Å². The van der Waals surface area contributed by atoms with Crippen LogP contribution in [0.1, 0.15) is 31.9 Å². The van der Waals surface area contributed by atoms with Crippen molar-refractivity contribution in [3.05, 3.63) is 40.0 Å². The minimum atomic E-state index is 0.583. The van der Waals surface area contributed by atoms with E-state index in [0.717, 1.165) is 53.4 Å². The summed E-state index contributed by atoms with van der Waals surface area (Å²) in [4.78, 5) is 7.23. The summed E-state index contributed by atoms with van der Waals surface area (Å²) in [5.74, 6) is 0.818. The minimum absolute atomic E-state index is 0.583. The Morgan fingerprint density at radius 2 is 2.04 bits per heavy atom. The van der Waals surface area contributed by atoms with Gasteiger partial charge in [-0.25, -0.2) is 4.98 Å². The lowest BCUT2D eigenvalue weighted by atomic mass is 10.1. The highest BCUT2D eigenvalue weighted by molar-refractivity contribution is 6.36. The Labute approximate surface area is 163 Å². The third kappa shape index (κ3) is 3.40. The number of benzene rings is 1. The second kappa shape index (κ2) is 7.09. The number of rotatable bonds is 6. The summed E-state index contributed by atoms with van der Waals surface area (Å²) in [5.41, 5.74) is 5.62. The summed E-state index contributed by atoms with van der Waals surface area (Å²) in [6, 6.07) is 7.63. The van der Waals surface area contributed by atoms with E-state index in [4.69, 9.17) is 28.2 Å². The van der Waals surface area contributed by atoms with Gasteiger partial charge >= 0.3 is 0 Å². The zero-order valence-electron chi connectivity index (χ0n) is 15.0. The van der Waals surface area contributed by atoms with Crippen LogP contribution >= 0.6 is 23.2 Å². The molecule has 2 aromatic heterocycles. The summed E-state index contributed by atoms with van der Waals surface area (Å²) in [7, 11) is 0. The van der Waals surface area contributed by atoms with Crippen molar-refractivity contribution in [1.29, 1.82) is 0 Å². The van der Waals surface area contributed by atoms with E-state index in [-0.39, 0.29) is 0 Å². The number of fused-ring (bicyclic) bond motifs is 1. The molecule has 3 aromatic rings. The monoisotopic (exact) mass is 388 g/mol. The topological polar surface area (TPSA) is 44.8 Å². The normalized spacial score (nSPS) is 14.2. The number of H-pyrrole nitrogens is 1. The number of hydrogen-bond acceptors (Lipinski definition) is 3. The van der Waals surface area contributed by atoms with Gasteiger partial charge in [-0.15, -0.1) is 0 Å². The molecule has 0 bridgehead atoms. The van der Waals surface area contributed by atoms with Gasteiger partial charge in [0.15, 0.2) is 0 Å². The molecule has 1 aliphatic carbocycles. The molecule has 0 amide bonds. The number of anilines is 1. The quantitative estimate of drug-likeness (QED) is 0.574. The lowest BCUT2D eigenvalue weighted by Crippen LogP contribution is -2.27. The van der Waals surface area contributed by atoms with Gasteiger partial charge in [0.2, 0.25) is 0 Å². The number of pyridine rings is 1. The number of halogens is 2. The number of aromatic nitrogens is 3. The SMILES string of the molecule is CCCN(CC1CC1)c1cc(C)nc2c(-c3ccc(Cl)cc3Cl)n[nH]c12. The number of hydrogen-bond donors (Lipinski definition) is 1. The third-order valence-corrected chi connectivity index (χ3v) is 5.37. The van der Waals surface area contributed by atoms with E-state index >= 15 is 0 Å². The maximum atomic E-state index is 6.41. The van der Waals surface area contributed by atoms with E-state index in [2.05, 4.69) is 28.1 Å². The first-order valence-electron chi connectivity index (χ1n) is 9.13. The molecule has 1 fully saturated rings. The Bertz CT molecular complexity index is 946. The van der Waals surface area contributed by atoms with Crippen LogP contribution in [-0.4, -0.2) is 28.3 Å². The number of nitrogens with one attached hydrogen (secondary N) is 1. The predicted octanol–water partition coefficient (Wildman–Crippen LogP) is 5.87. The van der Waals surface area contributed by atoms with E-state index in [1.165, 1.54) is 18.5 Å². The Balaban J connectivity index is 1.84. The first-order chi connectivity index (χ1) is 12.6. The minimum Gasteiger partial charge on any atom is -0.369 e. The van der Waals surface area contributed by atoms with Crippen LogP contribution in [0.2, 0.25) is 10.0 Å². The number of aromatic amines is 1. The molecule has 2 heterocycles. The molecule has 0 radical (unpaired) electrons.